The number of hydrogen-bond acceptors (Lipinski definition) is 2. The quantitative estimate of drug-likeness (QED) is 0.876. The van der Waals surface area contributed by atoms with Crippen molar-refractivity contribution in [1.29, 1.82) is 0 Å². The highest BCUT2D eigenvalue weighted by Gasteiger charge is 2.07. The third-order valence-corrected chi connectivity index (χ3v) is 3.44. The van der Waals surface area contributed by atoms with Crippen molar-refractivity contribution in [2.45, 2.75) is 52.6 Å². The van der Waals surface area contributed by atoms with Gasteiger partial charge in [-0.1, -0.05) is 19.4 Å². The van der Waals surface area contributed by atoms with Gasteiger partial charge in [0.15, 0.2) is 0 Å². The zero-order chi connectivity index (χ0) is 14.5. The number of unbranched alkanes of at least 4 members (excludes halogenated alkanes) is 1. The van der Waals surface area contributed by atoms with E-state index in [2.05, 4.69) is 47.8 Å². The summed E-state index contributed by atoms with van der Waals surface area (Å²) in [4.78, 5) is 16.0. The number of imidazole rings is 1. The lowest BCUT2D eigenvalue weighted by Crippen LogP contribution is -2.22. The van der Waals surface area contributed by atoms with Crippen molar-refractivity contribution in [2.24, 2.45) is 0 Å². The van der Waals surface area contributed by atoms with Gasteiger partial charge in [0.2, 0.25) is 5.91 Å². The van der Waals surface area contributed by atoms with Gasteiger partial charge in [0, 0.05) is 19.0 Å². The van der Waals surface area contributed by atoms with E-state index in [-0.39, 0.29) is 5.91 Å². The summed E-state index contributed by atoms with van der Waals surface area (Å²) in [6.07, 6.45) is 4.48. The number of rotatable bonds is 6. The van der Waals surface area contributed by atoms with Crippen molar-refractivity contribution in [3.8, 4) is 0 Å². The maximum absolute atomic E-state index is 11.6. The van der Waals surface area contributed by atoms with Crippen LogP contribution in [0.2, 0.25) is 0 Å². The molecular formula is C16H23N3O. The van der Waals surface area contributed by atoms with Crippen LogP contribution in [-0.4, -0.2) is 15.5 Å². The first-order chi connectivity index (χ1) is 9.61. The number of hydrogen-bond donors (Lipinski definition) is 1. The summed E-state index contributed by atoms with van der Waals surface area (Å²) in [7, 11) is 0. The Balaban J connectivity index is 2.03. The van der Waals surface area contributed by atoms with Crippen LogP contribution in [0.25, 0.3) is 11.0 Å². The molecule has 4 heteroatoms. The zero-order valence-corrected chi connectivity index (χ0v) is 12.5. The molecule has 0 fully saturated rings. The molecule has 0 bridgehead atoms. The number of nitrogens with one attached hydrogen (secondary N) is 1. The molecule has 0 unspecified atom stereocenters. The minimum absolute atomic E-state index is 0.125. The Hall–Kier alpha value is -1.84. The van der Waals surface area contributed by atoms with Crippen LogP contribution in [0.15, 0.2) is 24.5 Å². The number of benzene rings is 1. The molecule has 0 aliphatic heterocycles. The van der Waals surface area contributed by atoms with E-state index in [4.69, 9.17) is 0 Å². The first-order valence-electron chi connectivity index (χ1n) is 7.34. The van der Waals surface area contributed by atoms with E-state index in [1.165, 1.54) is 0 Å². The fourth-order valence-corrected chi connectivity index (χ4v) is 2.23. The van der Waals surface area contributed by atoms with Crippen molar-refractivity contribution >= 4 is 16.9 Å². The van der Waals surface area contributed by atoms with Crippen LogP contribution in [0.3, 0.4) is 0 Å². The van der Waals surface area contributed by atoms with E-state index < -0.39 is 0 Å². The van der Waals surface area contributed by atoms with E-state index in [0.29, 0.717) is 19.0 Å². The van der Waals surface area contributed by atoms with Gasteiger partial charge in [-0.05, 0) is 38.0 Å². The monoisotopic (exact) mass is 273 g/mol. The molecule has 2 rings (SSSR count). The molecule has 0 saturated heterocycles. The molecule has 0 spiro atoms. The molecule has 1 heterocycles. The van der Waals surface area contributed by atoms with Crippen LogP contribution in [0, 0.1) is 0 Å². The minimum Gasteiger partial charge on any atom is -0.352 e. The first kappa shape index (κ1) is 14.6. The highest BCUT2D eigenvalue weighted by molar-refractivity contribution is 5.77. The fourth-order valence-electron chi connectivity index (χ4n) is 2.23. The van der Waals surface area contributed by atoms with Crippen LogP contribution >= 0.6 is 0 Å². The van der Waals surface area contributed by atoms with Crippen molar-refractivity contribution in [3.63, 3.8) is 0 Å². The van der Waals surface area contributed by atoms with Gasteiger partial charge in [-0.3, -0.25) is 4.79 Å². The summed E-state index contributed by atoms with van der Waals surface area (Å²) in [5.41, 5.74) is 3.22. The summed E-state index contributed by atoms with van der Waals surface area (Å²) < 4.78 is 2.15. The number of carbonyl (C=O) groups is 1. The Morgan fingerprint density at radius 1 is 1.40 bits per heavy atom. The van der Waals surface area contributed by atoms with Crippen LogP contribution in [0.4, 0.5) is 0 Å². The van der Waals surface area contributed by atoms with E-state index in [1.807, 2.05) is 12.4 Å². The summed E-state index contributed by atoms with van der Waals surface area (Å²) in [5, 5.41) is 2.95. The second-order valence-corrected chi connectivity index (χ2v) is 5.45. The van der Waals surface area contributed by atoms with Crippen LogP contribution in [0.1, 0.15) is 51.6 Å². The third-order valence-electron chi connectivity index (χ3n) is 3.44. The third kappa shape index (κ3) is 3.38. The predicted octanol–water partition coefficient (Wildman–Crippen LogP) is 3.42. The fraction of sp³-hybridized carbons (Fsp3) is 0.500. The first-order valence-corrected chi connectivity index (χ1v) is 7.34. The second-order valence-electron chi connectivity index (χ2n) is 5.45. The van der Waals surface area contributed by atoms with Crippen LogP contribution < -0.4 is 5.32 Å². The molecule has 4 nitrogen and oxygen atoms in total. The lowest BCUT2D eigenvalue weighted by atomic mass is 10.2. The molecule has 0 atom stereocenters. The summed E-state index contributed by atoms with van der Waals surface area (Å²) >= 11 is 0. The lowest BCUT2D eigenvalue weighted by molar-refractivity contribution is -0.121. The maximum atomic E-state index is 11.6. The Bertz CT molecular complexity index is 586. The predicted molar refractivity (Wildman–Crippen MR) is 81.5 cm³/mol. The van der Waals surface area contributed by atoms with Crippen LogP contribution in [0.5, 0.6) is 0 Å². The Morgan fingerprint density at radius 3 is 2.90 bits per heavy atom. The molecule has 0 radical (unpaired) electrons. The Kier molecular flexibility index (Phi) is 4.77. The van der Waals surface area contributed by atoms with Crippen molar-refractivity contribution in [2.75, 3.05) is 0 Å². The Labute approximate surface area is 120 Å². The molecule has 0 aliphatic rings. The van der Waals surface area contributed by atoms with Gasteiger partial charge < -0.3 is 9.88 Å². The molecule has 1 aromatic carbocycles. The molecule has 0 aliphatic carbocycles. The average molecular weight is 273 g/mol. The number of amides is 1. The van der Waals surface area contributed by atoms with E-state index in [0.717, 1.165) is 29.4 Å². The summed E-state index contributed by atoms with van der Waals surface area (Å²) in [6.45, 7) is 6.95. The van der Waals surface area contributed by atoms with Crippen molar-refractivity contribution < 1.29 is 4.79 Å². The van der Waals surface area contributed by atoms with Crippen molar-refractivity contribution in [3.05, 3.63) is 30.1 Å². The van der Waals surface area contributed by atoms with E-state index in [9.17, 15) is 4.79 Å². The SMILES string of the molecule is CCCCC(=O)NCc1ccc2c(c1)ncn2C(C)C. The van der Waals surface area contributed by atoms with Gasteiger partial charge in [-0.2, -0.15) is 0 Å². The van der Waals surface area contributed by atoms with E-state index in [1.54, 1.807) is 0 Å². The smallest absolute Gasteiger partial charge is 0.220 e. The molecule has 1 amide bonds. The summed E-state index contributed by atoms with van der Waals surface area (Å²) in [5.74, 6) is 0.125. The Morgan fingerprint density at radius 2 is 2.20 bits per heavy atom. The van der Waals surface area contributed by atoms with Gasteiger partial charge >= 0.3 is 0 Å². The molecule has 1 N–H and O–H groups in total. The highest BCUT2D eigenvalue weighted by Crippen LogP contribution is 2.18. The molecular weight excluding hydrogens is 250 g/mol. The molecule has 108 valence electrons. The summed E-state index contributed by atoms with van der Waals surface area (Å²) in [6, 6.07) is 6.59. The van der Waals surface area contributed by atoms with Gasteiger partial charge in [-0.15, -0.1) is 0 Å². The molecule has 2 aromatic rings. The van der Waals surface area contributed by atoms with E-state index >= 15 is 0 Å². The highest BCUT2D eigenvalue weighted by atomic mass is 16.1. The minimum atomic E-state index is 0.125. The number of carbonyl (C=O) groups excluding carboxylic acids is 1. The normalized spacial score (nSPS) is 11.2. The van der Waals surface area contributed by atoms with Gasteiger partial charge in [-0.25, -0.2) is 4.98 Å². The topological polar surface area (TPSA) is 46.9 Å². The number of nitrogens with zero attached hydrogens (tertiary/aromatic N) is 2. The largest absolute Gasteiger partial charge is 0.352 e. The average Bonchev–Trinajstić information content (AvgIpc) is 2.86. The standard InChI is InChI=1S/C16H23N3O/c1-4-5-6-16(20)17-10-13-7-8-15-14(9-13)18-11-19(15)12(2)3/h7-9,11-12H,4-6,10H2,1-3H3,(H,17,20). The zero-order valence-electron chi connectivity index (χ0n) is 12.5. The maximum Gasteiger partial charge on any atom is 0.220 e. The molecule has 1 aromatic heterocycles. The second kappa shape index (κ2) is 6.55. The van der Waals surface area contributed by atoms with Gasteiger partial charge in [0.1, 0.15) is 0 Å². The number of aromatic nitrogens is 2. The number of fused-ring (bicyclic) bond motifs is 1. The lowest BCUT2D eigenvalue weighted by Gasteiger charge is -2.08. The van der Waals surface area contributed by atoms with Gasteiger partial charge in [0.25, 0.3) is 0 Å². The van der Waals surface area contributed by atoms with Crippen LogP contribution in [-0.2, 0) is 11.3 Å². The van der Waals surface area contributed by atoms with Crippen molar-refractivity contribution in [1.82, 2.24) is 14.9 Å². The molecule has 0 saturated carbocycles. The molecule has 20 heavy (non-hydrogen) atoms. The van der Waals surface area contributed by atoms with Gasteiger partial charge in [0.05, 0.1) is 17.4 Å².